The molecule has 2 fully saturated rings. The summed E-state index contributed by atoms with van der Waals surface area (Å²) in [5, 5.41) is 2.94. The third-order valence-electron chi connectivity index (χ3n) is 4.62. The van der Waals surface area contributed by atoms with Crippen molar-refractivity contribution >= 4 is 11.8 Å². The fraction of sp³-hybridized carbons (Fsp3) is 0.882. The van der Waals surface area contributed by atoms with Crippen LogP contribution in [0.25, 0.3) is 0 Å². The number of carbonyl (C=O) groups is 2. The van der Waals surface area contributed by atoms with E-state index < -0.39 is 0 Å². The molecule has 0 aromatic rings. The zero-order valence-corrected chi connectivity index (χ0v) is 14.0. The van der Waals surface area contributed by atoms with Crippen molar-refractivity contribution in [1.82, 2.24) is 10.2 Å². The first-order chi connectivity index (χ1) is 10.6. The van der Waals surface area contributed by atoms with E-state index in [1.807, 2.05) is 18.7 Å². The van der Waals surface area contributed by atoms with Crippen LogP contribution in [0.5, 0.6) is 0 Å². The number of amides is 2. The maximum atomic E-state index is 12.2. The van der Waals surface area contributed by atoms with E-state index in [4.69, 9.17) is 4.74 Å². The number of hydrogen-bond donors (Lipinski definition) is 1. The predicted octanol–water partition coefficient (Wildman–Crippen LogP) is 2.10. The monoisotopic (exact) mass is 310 g/mol. The Bertz CT molecular complexity index is 378. The summed E-state index contributed by atoms with van der Waals surface area (Å²) in [5.74, 6) is 0.0202. The van der Waals surface area contributed by atoms with Crippen molar-refractivity contribution in [3.05, 3.63) is 0 Å². The van der Waals surface area contributed by atoms with Crippen LogP contribution in [0.1, 0.15) is 58.8 Å². The Morgan fingerprint density at radius 1 is 1.32 bits per heavy atom. The third kappa shape index (κ3) is 4.97. The molecule has 5 heteroatoms. The van der Waals surface area contributed by atoms with Crippen LogP contribution in [0, 0.1) is 5.92 Å². The summed E-state index contributed by atoms with van der Waals surface area (Å²) < 4.78 is 5.45. The Labute approximate surface area is 133 Å². The van der Waals surface area contributed by atoms with Crippen molar-refractivity contribution in [1.29, 1.82) is 0 Å². The average molecular weight is 310 g/mol. The molecule has 2 rings (SSSR count). The van der Waals surface area contributed by atoms with Gasteiger partial charge in [-0.3, -0.25) is 9.59 Å². The number of rotatable bonds is 7. The molecule has 0 aromatic carbocycles. The normalized spacial score (nSPS) is 23.3. The molecule has 5 nitrogen and oxygen atoms in total. The molecule has 1 unspecified atom stereocenters. The molecular weight excluding hydrogens is 280 g/mol. The fourth-order valence-corrected chi connectivity index (χ4v) is 3.40. The lowest BCUT2D eigenvalue weighted by Crippen LogP contribution is -2.39. The summed E-state index contributed by atoms with van der Waals surface area (Å²) in [6.45, 7) is 5.90. The van der Waals surface area contributed by atoms with Gasteiger partial charge < -0.3 is 15.0 Å². The Balaban J connectivity index is 1.69. The second-order valence-electron chi connectivity index (χ2n) is 6.80. The summed E-state index contributed by atoms with van der Waals surface area (Å²) in [5.41, 5.74) is 0. The van der Waals surface area contributed by atoms with Crippen LogP contribution in [-0.2, 0) is 14.3 Å². The van der Waals surface area contributed by atoms with E-state index in [-0.39, 0.29) is 23.8 Å². The molecule has 0 bridgehead atoms. The van der Waals surface area contributed by atoms with E-state index in [1.54, 1.807) is 0 Å². The minimum absolute atomic E-state index is 0.0243. The number of carbonyl (C=O) groups excluding carboxylic acids is 2. The molecule has 126 valence electrons. The standard InChI is InChI=1S/C17H30N2O3/c1-13(2)22-10-6-9-18-17(21)14-11-16(20)19(12-14)15-7-4-3-5-8-15/h13-15H,3-12H2,1-2H3,(H,18,21). The maximum absolute atomic E-state index is 12.2. The van der Waals surface area contributed by atoms with Gasteiger partial charge in [0, 0.05) is 32.2 Å². The summed E-state index contributed by atoms with van der Waals surface area (Å²) in [7, 11) is 0. The van der Waals surface area contributed by atoms with Crippen molar-refractivity contribution in [2.45, 2.75) is 70.9 Å². The number of likely N-dealkylation sites (tertiary alicyclic amines) is 1. The van der Waals surface area contributed by atoms with Gasteiger partial charge in [-0.15, -0.1) is 0 Å². The smallest absolute Gasteiger partial charge is 0.225 e. The number of ether oxygens (including phenoxy) is 1. The molecule has 1 N–H and O–H groups in total. The zero-order chi connectivity index (χ0) is 15.9. The predicted molar refractivity (Wildman–Crippen MR) is 85.4 cm³/mol. The van der Waals surface area contributed by atoms with Crippen LogP contribution in [0.4, 0.5) is 0 Å². The lowest BCUT2D eigenvalue weighted by molar-refractivity contribution is -0.130. The highest BCUT2D eigenvalue weighted by Gasteiger charge is 2.37. The lowest BCUT2D eigenvalue weighted by Gasteiger charge is -2.31. The van der Waals surface area contributed by atoms with E-state index in [0.29, 0.717) is 32.2 Å². The average Bonchev–Trinajstić information content (AvgIpc) is 2.89. The first-order valence-electron chi connectivity index (χ1n) is 8.76. The summed E-state index contributed by atoms with van der Waals surface area (Å²) >= 11 is 0. The van der Waals surface area contributed by atoms with Crippen LogP contribution in [0.3, 0.4) is 0 Å². The number of nitrogens with one attached hydrogen (secondary N) is 1. The van der Waals surface area contributed by atoms with E-state index in [9.17, 15) is 9.59 Å². The second kappa shape index (κ2) is 8.51. The van der Waals surface area contributed by atoms with Crippen LogP contribution in [0.15, 0.2) is 0 Å². The fourth-order valence-electron chi connectivity index (χ4n) is 3.40. The van der Waals surface area contributed by atoms with Crippen molar-refractivity contribution in [2.75, 3.05) is 19.7 Å². The molecule has 2 amide bonds. The van der Waals surface area contributed by atoms with E-state index in [2.05, 4.69) is 5.32 Å². The number of nitrogens with zero attached hydrogens (tertiary/aromatic N) is 1. The largest absolute Gasteiger partial charge is 0.379 e. The molecule has 0 radical (unpaired) electrons. The molecule has 0 spiro atoms. The summed E-state index contributed by atoms with van der Waals surface area (Å²) in [6, 6.07) is 0.374. The highest BCUT2D eigenvalue weighted by Crippen LogP contribution is 2.28. The molecule has 1 saturated carbocycles. The maximum Gasteiger partial charge on any atom is 0.225 e. The van der Waals surface area contributed by atoms with Crippen LogP contribution in [-0.4, -0.2) is 48.6 Å². The topological polar surface area (TPSA) is 58.6 Å². The van der Waals surface area contributed by atoms with Crippen molar-refractivity contribution < 1.29 is 14.3 Å². The molecular formula is C17H30N2O3. The Morgan fingerprint density at radius 3 is 2.73 bits per heavy atom. The minimum Gasteiger partial charge on any atom is -0.379 e. The van der Waals surface area contributed by atoms with E-state index >= 15 is 0 Å². The molecule has 1 heterocycles. The molecule has 0 aromatic heterocycles. The van der Waals surface area contributed by atoms with Crippen molar-refractivity contribution in [2.24, 2.45) is 5.92 Å². The molecule has 1 aliphatic carbocycles. The van der Waals surface area contributed by atoms with Crippen LogP contribution in [0.2, 0.25) is 0 Å². The van der Waals surface area contributed by atoms with Gasteiger partial charge >= 0.3 is 0 Å². The third-order valence-corrected chi connectivity index (χ3v) is 4.62. The van der Waals surface area contributed by atoms with Gasteiger partial charge in [0.25, 0.3) is 0 Å². The van der Waals surface area contributed by atoms with E-state index in [1.165, 1.54) is 19.3 Å². The molecule has 1 aliphatic heterocycles. The second-order valence-corrected chi connectivity index (χ2v) is 6.80. The lowest BCUT2D eigenvalue weighted by atomic mass is 9.94. The van der Waals surface area contributed by atoms with Gasteiger partial charge in [0.1, 0.15) is 0 Å². The van der Waals surface area contributed by atoms with Crippen molar-refractivity contribution in [3.8, 4) is 0 Å². The van der Waals surface area contributed by atoms with Gasteiger partial charge in [0.2, 0.25) is 11.8 Å². The van der Waals surface area contributed by atoms with E-state index in [0.717, 1.165) is 19.3 Å². The van der Waals surface area contributed by atoms with Gasteiger partial charge in [0.05, 0.1) is 12.0 Å². The van der Waals surface area contributed by atoms with Gasteiger partial charge in [-0.25, -0.2) is 0 Å². The SMILES string of the molecule is CC(C)OCCCNC(=O)C1CC(=O)N(C2CCCCC2)C1. The zero-order valence-electron chi connectivity index (χ0n) is 14.0. The highest BCUT2D eigenvalue weighted by atomic mass is 16.5. The summed E-state index contributed by atoms with van der Waals surface area (Å²) in [6.07, 6.45) is 7.33. The van der Waals surface area contributed by atoms with Crippen molar-refractivity contribution in [3.63, 3.8) is 0 Å². The van der Waals surface area contributed by atoms with Gasteiger partial charge in [0.15, 0.2) is 0 Å². The molecule has 1 saturated heterocycles. The first kappa shape index (κ1) is 17.3. The van der Waals surface area contributed by atoms with Gasteiger partial charge in [-0.1, -0.05) is 19.3 Å². The minimum atomic E-state index is -0.166. The van der Waals surface area contributed by atoms with Gasteiger partial charge in [-0.05, 0) is 33.1 Å². The Morgan fingerprint density at radius 2 is 2.05 bits per heavy atom. The van der Waals surface area contributed by atoms with Gasteiger partial charge in [-0.2, -0.15) is 0 Å². The highest BCUT2D eigenvalue weighted by molar-refractivity contribution is 5.89. The first-order valence-corrected chi connectivity index (χ1v) is 8.76. The quantitative estimate of drug-likeness (QED) is 0.733. The number of hydrogen-bond acceptors (Lipinski definition) is 3. The molecule has 22 heavy (non-hydrogen) atoms. The Kier molecular flexibility index (Phi) is 6.68. The van der Waals surface area contributed by atoms with Crippen LogP contribution < -0.4 is 5.32 Å². The molecule has 1 atom stereocenters. The Hall–Kier alpha value is -1.10. The van der Waals surface area contributed by atoms with Crippen LogP contribution >= 0.6 is 0 Å². The molecule has 2 aliphatic rings. The summed E-state index contributed by atoms with van der Waals surface area (Å²) in [4.78, 5) is 26.3.